The summed E-state index contributed by atoms with van der Waals surface area (Å²) in [7, 11) is 1.42. The predicted molar refractivity (Wildman–Crippen MR) is 115 cm³/mol. The van der Waals surface area contributed by atoms with Gasteiger partial charge in [-0.1, -0.05) is 41.1 Å². The number of aromatic nitrogens is 2. The predicted octanol–water partition coefficient (Wildman–Crippen LogP) is 3.28. The molecule has 1 aromatic heterocycles. The summed E-state index contributed by atoms with van der Waals surface area (Å²) in [5, 5.41) is 5.09. The van der Waals surface area contributed by atoms with E-state index in [2.05, 4.69) is 15.6 Å². The Kier molecular flexibility index (Phi) is 6.24. The molecular formula is C20H19ClN4O3S. The summed E-state index contributed by atoms with van der Waals surface area (Å²) in [5.41, 5.74) is 1.85. The monoisotopic (exact) mass is 430 g/mol. The summed E-state index contributed by atoms with van der Waals surface area (Å²) < 4.78 is 1.46. The molecule has 1 atom stereocenters. The van der Waals surface area contributed by atoms with Gasteiger partial charge in [0.25, 0.3) is 5.56 Å². The third-order valence-electron chi connectivity index (χ3n) is 4.21. The van der Waals surface area contributed by atoms with Gasteiger partial charge in [-0.15, -0.1) is 0 Å². The topological polar surface area (TPSA) is 93.1 Å². The molecule has 0 aliphatic rings. The van der Waals surface area contributed by atoms with Crippen molar-refractivity contribution in [3.8, 4) is 5.69 Å². The Balaban J connectivity index is 2.11. The number of nitrogens with one attached hydrogen (secondary N) is 2. The number of hydrogen-bond donors (Lipinski definition) is 2. The highest BCUT2D eigenvalue weighted by Crippen LogP contribution is 2.26. The molecule has 0 spiro atoms. The van der Waals surface area contributed by atoms with E-state index >= 15 is 0 Å². The van der Waals surface area contributed by atoms with Crippen molar-refractivity contribution >= 4 is 46.2 Å². The quantitative estimate of drug-likeness (QED) is 0.489. The van der Waals surface area contributed by atoms with Crippen LogP contribution in [0.5, 0.6) is 0 Å². The van der Waals surface area contributed by atoms with Crippen molar-refractivity contribution in [2.45, 2.75) is 24.3 Å². The maximum absolute atomic E-state index is 13.2. The molecule has 0 unspecified atom stereocenters. The van der Waals surface area contributed by atoms with Gasteiger partial charge in [0.1, 0.15) is 0 Å². The lowest BCUT2D eigenvalue weighted by molar-refractivity contribution is -0.119. The second kappa shape index (κ2) is 8.67. The molecule has 29 heavy (non-hydrogen) atoms. The van der Waals surface area contributed by atoms with Gasteiger partial charge in [0.2, 0.25) is 5.91 Å². The van der Waals surface area contributed by atoms with Gasteiger partial charge >= 0.3 is 6.03 Å². The summed E-state index contributed by atoms with van der Waals surface area (Å²) in [6.45, 7) is 3.59. The fraction of sp³-hybridized carbons (Fsp3) is 0.200. The number of amides is 3. The van der Waals surface area contributed by atoms with E-state index in [0.29, 0.717) is 26.8 Å². The van der Waals surface area contributed by atoms with Crippen LogP contribution in [0, 0.1) is 6.92 Å². The highest BCUT2D eigenvalue weighted by molar-refractivity contribution is 8.00. The fourth-order valence-electron chi connectivity index (χ4n) is 2.63. The normalized spacial score (nSPS) is 11.9. The summed E-state index contributed by atoms with van der Waals surface area (Å²) in [4.78, 5) is 41.5. The van der Waals surface area contributed by atoms with Crippen LogP contribution in [0.3, 0.4) is 0 Å². The van der Waals surface area contributed by atoms with E-state index < -0.39 is 17.2 Å². The lowest BCUT2D eigenvalue weighted by Crippen LogP contribution is -2.41. The van der Waals surface area contributed by atoms with E-state index in [1.54, 1.807) is 25.1 Å². The SMILES string of the molecule is CNC(=O)NC(=O)[C@@H](C)Sc1nc2cc(Cl)ccc2c(=O)n1-c1ccc(C)cc1. The fourth-order valence-corrected chi connectivity index (χ4v) is 3.72. The molecule has 0 radical (unpaired) electrons. The van der Waals surface area contributed by atoms with Crippen molar-refractivity contribution in [2.75, 3.05) is 7.05 Å². The number of nitrogens with zero attached hydrogens (tertiary/aromatic N) is 2. The molecule has 7 nitrogen and oxygen atoms in total. The van der Waals surface area contributed by atoms with Crippen LogP contribution >= 0.6 is 23.4 Å². The third kappa shape index (κ3) is 4.60. The van der Waals surface area contributed by atoms with Crippen molar-refractivity contribution in [3.05, 3.63) is 63.4 Å². The van der Waals surface area contributed by atoms with Crippen LogP contribution in [0.15, 0.2) is 52.4 Å². The van der Waals surface area contributed by atoms with E-state index in [0.717, 1.165) is 17.3 Å². The zero-order chi connectivity index (χ0) is 21.1. The molecule has 0 aliphatic heterocycles. The Labute approximate surface area is 176 Å². The maximum atomic E-state index is 13.2. The smallest absolute Gasteiger partial charge is 0.321 e. The first kappa shape index (κ1) is 20.9. The Morgan fingerprint density at radius 2 is 1.86 bits per heavy atom. The summed E-state index contributed by atoms with van der Waals surface area (Å²) in [6, 6.07) is 11.7. The summed E-state index contributed by atoms with van der Waals surface area (Å²) in [6.07, 6.45) is 0. The van der Waals surface area contributed by atoms with Crippen molar-refractivity contribution in [2.24, 2.45) is 0 Å². The number of carbonyl (C=O) groups excluding carboxylic acids is 2. The lowest BCUT2D eigenvalue weighted by Gasteiger charge is -2.16. The minimum atomic E-state index is -0.674. The zero-order valence-electron chi connectivity index (χ0n) is 16.0. The molecule has 0 bridgehead atoms. The average molecular weight is 431 g/mol. The molecule has 3 aromatic rings. The largest absolute Gasteiger partial charge is 0.341 e. The number of thioether (sulfide) groups is 1. The number of urea groups is 1. The number of aryl methyl sites for hydroxylation is 1. The van der Waals surface area contributed by atoms with Crippen LogP contribution in [0.25, 0.3) is 16.6 Å². The Hall–Kier alpha value is -2.84. The zero-order valence-corrected chi connectivity index (χ0v) is 17.6. The van der Waals surface area contributed by atoms with Crippen molar-refractivity contribution in [1.29, 1.82) is 0 Å². The number of benzene rings is 2. The van der Waals surface area contributed by atoms with Gasteiger partial charge in [-0.25, -0.2) is 9.78 Å². The third-order valence-corrected chi connectivity index (χ3v) is 5.50. The standard InChI is InChI=1S/C20H19ClN4O3S/c1-11-4-7-14(8-5-11)25-18(27)15-9-6-13(21)10-16(15)23-20(25)29-12(2)17(26)24-19(28)22-3/h4-10,12H,1-3H3,(H2,22,24,26,28)/t12-/m1/s1. The number of hydrogen-bond acceptors (Lipinski definition) is 5. The average Bonchev–Trinajstić information content (AvgIpc) is 2.68. The molecule has 1 heterocycles. The maximum Gasteiger partial charge on any atom is 0.321 e. The van der Waals surface area contributed by atoms with Gasteiger partial charge in [-0.2, -0.15) is 0 Å². The van der Waals surface area contributed by atoms with E-state index in [1.165, 1.54) is 11.6 Å². The van der Waals surface area contributed by atoms with Crippen LogP contribution in [-0.4, -0.2) is 33.8 Å². The molecule has 2 aromatic carbocycles. The molecule has 0 saturated carbocycles. The van der Waals surface area contributed by atoms with E-state index in [4.69, 9.17) is 11.6 Å². The minimum Gasteiger partial charge on any atom is -0.341 e. The van der Waals surface area contributed by atoms with Crippen LogP contribution in [0.4, 0.5) is 4.79 Å². The van der Waals surface area contributed by atoms with Gasteiger partial charge < -0.3 is 5.32 Å². The first-order chi connectivity index (χ1) is 13.8. The van der Waals surface area contributed by atoms with Gasteiger partial charge in [0.05, 0.1) is 21.8 Å². The van der Waals surface area contributed by atoms with Crippen molar-refractivity contribution in [1.82, 2.24) is 20.2 Å². The molecule has 3 amide bonds. The highest BCUT2D eigenvalue weighted by Gasteiger charge is 2.21. The van der Waals surface area contributed by atoms with E-state index in [9.17, 15) is 14.4 Å². The molecule has 0 fully saturated rings. The number of fused-ring (bicyclic) bond motifs is 1. The summed E-state index contributed by atoms with van der Waals surface area (Å²) >= 11 is 7.14. The van der Waals surface area contributed by atoms with Gasteiger partial charge in [-0.05, 0) is 44.2 Å². The highest BCUT2D eigenvalue weighted by atomic mass is 35.5. The molecule has 0 aliphatic carbocycles. The Morgan fingerprint density at radius 1 is 1.17 bits per heavy atom. The number of carbonyl (C=O) groups is 2. The van der Waals surface area contributed by atoms with Crippen molar-refractivity contribution in [3.63, 3.8) is 0 Å². The number of halogens is 1. The Morgan fingerprint density at radius 3 is 2.52 bits per heavy atom. The van der Waals surface area contributed by atoms with Crippen LogP contribution in [-0.2, 0) is 4.79 Å². The first-order valence-corrected chi connectivity index (χ1v) is 10.0. The van der Waals surface area contributed by atoms with Gasteiger partial charge in [0, 0.05) is 12.1 Å². The van der Waals surface area contributed by atoms with Crippen molar-refractivity contribution < 1.29 is 9.59 Å². The van der Waals surface area contributed by atoms with Gasteiger partial charge in [0.15, 0.2) is 5.16 Å². The van der Waals surface area contributed by atoms with Crippen LogP contribution in [0.2, 0.25) is 5.02 Å². The molecular weight excluding hydrogens is 412 g/mol. The second-order valence-corrected chi connectivity index (χ2v) is 8.10. The van der Waals surface area contributed by atoms with E-state index in [-0.39, 0.29) is 5.56 Å². The number of imide groups is 1. The lowest BCUT2D eigenvalue weighted by atomic mass is 10.2. The molecule has 0 saturated heterocycles. The summed E-state index contributed by atoms with van der Waals surface area (Å²) in [5.74, 6) is -0.495. The molecule has 2 N–H and O–H groups in total. The van der Waals surface area contributed by atoms with Gasteiger partial charge in [-0.3, -0.25) is 19.5 Å². The minimum absolute atomic E-state index is 0.267. The van der Waals surface area contributed by atoms with Crippen LogP contribution < -0.4 is 16.2 Å². The molecule has 3 rings (SSSR count). The second-order valence-electron chi connectivity index (χ2n) is 6.36. The molecule has 9 heteroatoms. The molecule has 150 valence electrons. The number of rotatable bonds is 4. The van der Waals surface area contributed by atoms with Crippen LogP contribution in [0.1, 0.15) is 12.5 Å². The Bertz CT molecular complexity index is 1140. The van der Waals surface area contributed by atoms with E-state index in [1.807, 2.05) is 31.2 Å². The first-order valence-electron chi connectivity index (χ1n) is 8.78.